The standard InChI is InChI=1S/C16H11N5O4/c22-15-12-6-1-2-7-13(12)18-14(19-15)16(23)20-17-9-10-4-3-5-11(8-10)21(24)25/h1-9H,(H,20,23)(H,18,19,22)/b17-9-. The fourth-order valence-corrected chi connectivity index (χ4v) is 2.13. The molecule has 1 amide bonds. The van der Waals surface area contributed by atoms with E-state index in [0.717, 1.165) is 0 Å². The minimum absolute atomic E-state index is 0.0872. The first kappa shape index (κ1) is 16.0. The van der Waals surface area contributed by atoms with Crippen molar-refractivity contribution >= 4 is 28.7 Å². The maximum absolute atomic E-state index is 12.0. The van der Waals surface area contributed by atoms with Gasteiger partial charge in [0, 0.05) is 17.7 Å². The predicted octanol–water partition coefficient (Wildman–Crippen LogP) is 1.60. The molecular weight excluding hydrogens is 326 g/mol. The fraction of sp³-hybridized carbons (Fsp3) is 0. The number of hydrogen-bond acceptors (Lipinski definition) is 6. The summed E-state index contributed by atoms with van der Waals surface area (Å²) in [5.74, 6) is -0.885. The molecule has 1 heterocycles. The van der Waals surface area contributed by atoms with Crippen LogP contribution in [0.3, 0.4) is 0 Å². The lowest BCUT2D eigenvalue weighted by Crippen LogP contribution is -2.24. The summed E-state index contributed by atoms with van der Waals surface area (Å²) >= 11 is 0. The van der Waals surface area contributed by atoms with E-state index in [0.29, 0.717) is 16.5 Å². The summed E-state index contributed by atoms with van der Waals surface area (Å²) in [4.78, 5) is 40.6. The topological polar surface area (TPSA) is 130 Å². The SMILES string of the molecule is O=C(N/N=C\c1cccc([N+](=O)[O-])c1)c1nc2ccccc2c(=O)[nH]1. The number of aromatic nitrogens is 2. The molecule has 0 bridgehead atoms. The second kappa shape index (κ2) is 6.71. The third-order valence-electron chi connectivity index (χ3n) is 3.29. The normalized spacial score (nSPS) is 10.9. The number of non-ortho nitro benzene ring substituents is 1. The number of carbonyl (C=O) groups is 1. The molecule has 3 rings (SSSR count). The van der Waals surface area contributed by atoms with Gasteiger partial charge in [0.1, 0.15) is 0 Å². The molecule has 0 aliphatic heterocycles. The molecule has 124 valence electrons. The third kappa shape index (κ3) is 3.55. The van der Waals surface area contributed by atoms with Crippen LogP contribution in [0.25, 0.3) is 10.9 Å². The van der Waals surface area contributed by atoms with Gasteiger partial charge in [0.25, 0.3) is 11.2 Å². The van der Waals surface area contributed by atoms with E-state index in [9.17, 15) is 19.7 Å². The van der Waals surface area contributed by atoms with Crippen molar-refractivity contribution in [3.8, 4) is 0 Å². The van der Waals surface area contributed by atoms with Gasteiger partial charge in [-0.15, -0.1) is 0 Å². The number of para-hydroxylation sites is 1. The second-order valence-corrected chi connectivity index (χ2v) is 4.98. The van der Waals surface area contributed by atoms with Crippen molar-refractivity contribution in [3.05, 3.63) is 80.4 Å². The van der Waals surface area contributed by atoms with E-state index in [4.69, 9.17) is 0 Å². The maximum Gasteiger partial charge on any atom is 0.307 e. The van der Waals surface area contributed by atoms with Crippen molar-refractivity contribution < 1.29 is 9.72 Å². The third-order valence-corrected chi connectivity index (χ3v) is 3.29. The number of benzene rings is 2. The Kier molecular flexibility index (Phi) is 4.29. The Morgan fingerprint density at radius 2 is 2.04 bits per heavy atom. The highest BCUT2D eigenvalue weighted by Crippen LogP contribution is 2.11. The predicted molar refractivity (Wildman–Crippen MR) is 90.5 cm³/mol. The average Bonchev–Trinajstić information content (AvgIpc) is 2.62. The zero-order valence-corrected chi connectivity index (χ0v) is 12.7. The lowest BCUT2D eigenvalue weighted by atomic mass is 10.2. The van der Waals surface area contributed by atoms with Crippen molar-refractivity contribution in [2.45, 2.75) is 0 Å². The molecular formula is C16H11N5O4. The first-order valence-corrected chi connectivity index (χ1v) is 7.11. The number of fused-ring (bicyclic) bond motifs is 1. The van der Waals surface area contributed by atoms with Crippen LogP contribution in [0.1, 0.15) is 16.2 Å². The fourth-order valence-electron chi connectivity index (χ4n) is 2.13. The van der Waals surface area contributed by atoms with Crippen LogP contribution >= 0.6 is 0 Å². The van der Waals surface area contributed by atoms with Crippen molar-refractivity contribution in [2.24, 2.45) is 5.10 Å². The number of rotatable bonds is 4. The highest BCUT2D eigenvalue weighted by molar-refractivity contribution is 5.93. The summed E-state index contributed by atoms with van der Waals surface area (Å²) in [5, 5.41) is 14.8. The zero-order chi connectivity index (χ0) is 17.8. The number of amides is 1. The summed E-state index contributed by atoms with van der Waals surface area (Å²) in [6.07, 6.45) is 1.25. The lowest BCUT2D eigenvalue weighted by Gasteiger charge is -2.01. The summed E-state index contributed by atoms with van der Waals surface area (Å²) in [6, 6.07) is 12.4. The van der Waals surface area contributed by atoms with Crippen LogP contribution in [-0.4, -0.2) is 27.0 Å². The number of hydrogen-bond donors (Lipinski definition) is 2. The van der Waals surface area contributed by atoms with Crippen molar-refractivity contribution in [1.82, 2.24) is 15.4 Å². The van der Waals surface area contributed by atoms with Crippen molar-refractivity contribution in [1.29, 1.82) is 0 Å². The number of H-pyrrole nitrogens is 1. The van der Waals surface area contributed by atoms with Crippen LogP contribution in [0.4, 0.5) is 5.69 Å². The molecule has 0 spiro atoms. The van der Waals surface area contributed by atoms with Crippen LogP contribution < -0.4 is 11.0 Å². The van der Waals surface area contributed by atoms with Gasteiger partial charge in [0.05, 0.1) is 22.0 Å². The lowest BCUT2D eigenvalue weighted by molar-refractivity contribution is -0.384. The molecule has 9 heteroatoms. The minimum Gasteiger partial charge on any atom is -0.302 e. The monoisotopic (exact) mass is 337 g/mol. The highest BCUT2D eigenvalue weighted by Gasteiger charge is 2.10. The number of aromatic amines is 1. The minimum atomic E-state index is -0.704. The largest absolute Gasteiger partial charge is 0.307 e. The Labute approximate surface area is 140 Å². The van der Waals surface area contributed by atoms with E-state index in [-0.39, 0.29) is 11.5 Å². The summed E-state index contributed by atoms with van der Waals surface area (Å²) in [7, 11) is 0. The van der Waals surface area contributed by atoms with Gasteiger partial charge in [-0.2, -0.15) is 5.10 Å². The van der Waals surface area contributed by atoms with Gasteiger partial charge in [0.2, 0.25) is 5.82 Å². The molecule has 0 radical (unpaired) electrons. The molecule has 0 fully saturated rings. The molecule has 0 atom stereocenters. The van der Waals surface area contributed by atoms with Crippen molar-refractivity contribution in [3.63, 3.8) is 0 Å². The van der Waals surface area contributed by atoms with Crippen molar-refractivity contribution in [2.75, 3.05) is 0 Å². The summed E-state index contributed by atoms with van der Waals surface area (Å²) < 4.78 is 0. The molecule has 2 aromatic carbocycles. The number of carbonyl (C=O) groups excluding carboxylic acids is 1. The van der Waals surface area contributed by atoms with Gasteiger partial charge >= 0.3 is 5.91 Å². The molecule has 0 unspecified atom stereocenters. The van der Waals surface area contributed by atoms with Crippen LogP contribution in [0, 0.1) is 10.1 Å². The van der Waals surface area contributed by atoms with E-state index in [1.807, 2.05) is 0 Å². The summed E-state index contributed by atoms with van der Waals surface area (Å²) in [5.41, 5.74) is 2.52. The van der Waals surface area contributed by atoms with Crippen LogP contribution in [0.15, 0.2) is 58.4 Å². The second-order valence-electron chi connectivity index (χ2n) is 4.98. The number of nitro groups is 1. The number of hydrazone groups is 1. The molecule has 1 aromatic heterocycles. The molecule has 0 aliphatic rings. The smallest absolute Gasteiger partial charge is 0.302 e. The Bertz CT molecular complexity index is 1060. The van der Waals surface area contributed by atoms with Gasteiger partial charge < -0.3 is 4.98 Å². The van der Waals surface area contributed by atoms with E-state index in [1.165, 1.54) is 24.4 Å². The molecule has 2 N–H and O–H groups in total. The Balaban J connectivity index is 1.78. The highest BCUT2D eigenvalue weighted by atomic mass is 16.6. The average molecular weight is 337 g/mol. The number of nitrogens with one attached hydrogen (secondary N) is 2. The van der Waals surface area contributed by atoms with Gasteiger partial charge in [-0.05, 0) is 12.1 Å². The Morgan fingerprint density at radius 1 is 1.24 bits per heavy atom. The number of nitrogens with zero attached hydrogens (tertiary/aromatic N) is 3. The zero-order valence-electron chi connectivity index (χ0n) is 12.7. The van der Waals surface area contributed by atoms with Crippen LogP contribution in [-0.2, 0) is 0 Å². The van der Waals surface area contributed by atoms with E-state index < -0.39 is 16.4 Å². The van der Waals surface area contributed by atoms with Gasteiger partial charge in [-0.3, -0.25) is 19.7 Å². The summed E-state index contributed by atoms with van der Waals surface area (Å²) in [6.45, 7) is 0. The first-order valence-electron chi connectivity index (χ1n) is 7.11. The van der Waals surface area contributed by atoms with E-state index >= 15 is 0 Å². The van der Waals surface area contributed by atoms with Gasteiger partial charge in [0.15, 0.2) is 0 Å². The number of nitro benzene ring substituents is 1. The van der Waals surface area contributed by atoms with E-state index in [2.05, 4.69) is 20.5 Å². The van der Waals surface area contributed by atoms with Crippen LogP contribution in [0.2, 0.25) is 0 Å². The Morgan fingerprint density at radius 3 is 2.84 bits per heavy atom. The molecule has 9 nitrogen and oxygen atoms in total. The molecule has 3 aromatic rings. The van der Waals surface area contributed by atoms with Gasteiger partial charge in [-0.25, -0.2) is 10.4 Å². The molecule has 0 saturated carbocycles. The maximum atomic E-state index is 12.0. The first-order chi connectivity index (χ1) is 12.0. The quantitative estimate of drug-likeness (QED) is 0.424. The van der Waals surface area contributed by atoms with Gasteiger partial charge in [-0.1, -0.05) is 24.3 Å². The molecule has 0 aliphatic carbocycles. The Hall–Kier alpha value is -3.88. The van der Waals surface area contributed by atoms with Crippen LogP contribution in [0.5, 0.6) is 0 Å². The van der Waals surface area contributed by atoms with E-state index in [1.54, 1.807) is 30.3 Å². The molecule has 25 heavy (non-hydrogen) atoms. The molecule has 0 saturated heterocycles.